The summed E-state index contributed by atoms with van der Waals surface area (Å²) in [6, 6.07) is 0.229. The van der Waals surface area contributed by atoms with E-state index in [2.05, 4.69) is 5.32 Å². The minimum absolute atomic E-state index is 0. The van der Waals surface area contributed by atoms with Crippen molar-refractivity contribution in [1.29, 1.82) is 0 Å². The second-order valence-corrected chi connectivity index (χ2v) is 6.95. The first kappa shape index (κ1) is 16.1. The van der Waals surface area contributed by atoms with E-state index in [4.69, 9.17) is 5.73 Å². The van der Waals surface area contributed by atoms with Gasteiger partial charge in [-0.1, -0.05) is 19.3 Å². The fraction of sp³-hybridized carbons (Fsp3) is 0.938. The normalized spacial score (nSPS) is 25.1. The third kappa shape index (κ3) is 3.88. The van der Waals surface area contributed by atoms with Gasteiger partial charge in [0.1, 0.15) is 0 Å². The van der Waals surface area contributed by atoms with Crippen molar-refractivity contribution in [2.45, 2.75) is 63.8 Å². The van der Waals surface area contributed by atoms with Crippen LogP contribution in [0.2, 0.25) is 0 Å². The highest BCUT2D eigenvalue weighted by Gasteiger charge is 2.46. The molecule has 1 atom stereocenters. The van der Waals surface area contributed by atoms with E-state index in [9.17, 15) is 4.79 Å². The first-order valence-electron chi connectivity index (χ1n) is 8.30. The summed E-state index contributed by atoms with van der Waals surface area (Å²) >= 11 is 0. The summed E-state index contributed by atoms with van der Waals surface area (Å²) in [5.74, 6) is 2.65. The summed E-state index contributed by atoms with van der Waals surface area (Å²) in [6.45, 7) is 0.610. The van der Waals surface area contributed by atoms with Crippen LogP contribution in [0.15, 0.2) is 0 Å². The van der Waals surface area contributed by atoms with Crippen molar-refractivity contribution in [3.63, 3.8) is 0 Å². The zero-order valence-corrected chi connectivity index (χ0v) is 13.2. The SMILES string of the molecule is Cl.NCC(NC(=O)C(C1CC1)C1CC1)C1CCCCC1. The number of nitrogens with two attached hydrogens (primary N) is 1. The molecule has 0 radical (unpaired) electrons. The first-order valence-corrected chi connectivity index (χ1v) is 8.30. The molecule has 116 valence electrons. The Morgan fingerprint density at radius 3 is 1.95 bits per heavy atom. The van der Waals surface area contributed by atoms with Crippen molar-refractivity contribution in [2.75, 3.05) is 6.54 Å². The Kier molecular flexibility index (Phi) is 5.74. The van der Waals surface area contributed by atoms with Gasteiger partial charge in [-0.2, -0.15) is 0 Å². The Hall–Kier alpha value is -0.280. The number of hydrogen-bond donors (Lipinski definition) is 2. The van der Waals surface area contributed by atoms with Crippen LogP contribution in [0.5, 0.6) is 0 Å². The van der Waals surface area contributed by atoms with Gasteiger partial charge in [0.05, 0.1) is 0 Å². The number of carbonyl (C=O) groups excluding carboxylic acids is 1. The van der Waals surface area contributed by atoms with Crippen LogP contribution < -0.4 is 11.1 Å². The maximum absolute atomic E-state index is 12.6. The number of nitrogens with one attached hydrogen (secondary N) is 1. The zero-order valence-electron chi connectivity index (χ0n) is 12.4. The van der Waals surface area contributed by atoms with E-state index in [1.807, 2.05) is 0 Å². The van der Waals surface area contributed by atoms with Crippen molar-refractivity contribution < 1.29 is 4.79 Å². The molecule has 3 rings (SSSR count). The summed E-state index contributed by atoms with van der Waals surface area (Å²) in [5.41, 5.74) is 5.92. The van der Waals surface area contributed by atoms with E-state index < -0.39 is 0 Å². The van der Waals surface area contributed by atoms with E-state index in [1.165, 1.54) is 57.8 Å². The molecule has 0 aromatic heterocycles. The molecule has 0 aromatic carbocycles. The molecule has 3 fully saturated rings. The Bertz CT molecular complexity index is 310. The fourth-order valence-corrected chi connectivity index (χ4v) is 3.91. The van der Waals surface area contributed by atoms with Gasteiger partial charge >= 0.3 is 0 Å². The molecule has 0 aromatic rings. The fourth-order valence-electron chi connectivity index (χ4n) is 3.91. The zero-order chi connectivity index (χ0) is 13.2. The van der Waals surface area contributed by atoms with Crippen LogP contribution in [-0.2, 0) is 4.79 Å². The van der Waals surface area contributed by atoms with E-state index in [0.29, 0.717) is 36.1 Å². The number of amides is 1. The largest absolute Gasteiger partial charge is 0.352 e. The molecule has 3 aliphatic carbocycles. The van der Waals surface area contributed by atoms with Crippen LogP contribution in [0.1, 0.15) is 57.8 Å². The maximum Gasteiger partial charge on any atom is 0.223 e. The van der Waals surface area contributed by atoms with Crippen molar-refractivity contribution in [1.82, 2.24) is 5.32 Å². The van der Waals surface area contributed by atoms with E-state index >= 15 is 0 Å². The second kappa shape index (κ2) is 7.13. The molecule has 0 bridgehead atoms. The molecular formula is C16H29ClN2O. The van der Waals surface area contributed by atoms with E-state index in [0.717, 1.165) is 0 Å². The Morgan fingerprint density at radius 1 is 0.950 bits per heavy atom. The van der Waals surface area contributed by atoms with Gasteiger partial charge in [-0.05, 0) is 56.3 Å². The van der Waals surface area contributed by atoms with Crippen LogP contribution in [0.4, 0.5) is 0 Å². The van der Waals surface area contributed by atoms with Crippen LogP contribution in [0, 0.1) is 23.7 Å². The first-order chi connectivity index (χ1) is 9.29. The van der Waals surface area contributed by atoms with Gasteiger partial charge in [0.25, 0.3) is 0 Å². The molecule has 3 N–H and O–H groups in total. The monoisotopic (exact) mass is 300 g/mol. The van der Waals surface area contributed by atoms with Gasteiger partial charge in [0, 0.05) is 18.5 Å². The smallest absolute Gasteiger partial charge is 0.223 e. The lowest BCUT2D eigenvalue weighted by molar-refractivity contribution is -0.127. The van der Waals surface area contributed by atoms with Crippen molar-refractivity contribution >= 4 is 18.3 Å². The number of hydrogen-bond acceptors (Lipinski definition) is 2. The molecule has 1 unspecified atom stereocenters. The Labute approximate surface area is 128 Å². The molecule has 3 aliphatic rings. The van der Waals surface area contributed by atoms with Crippen LogP contribution >= 0.6 is 12.4 Å². The summed E-state index contributed by atoms with van der Waals surface area (Å²) < 4.78 is 0. The molecule has 4 heteroatoms. The van der Waals surface area contributed by atoms with Crippen LogP contribution in [0.3, 0.4) is 0 Å². The van der Waals surface area contributed by atoms with Gasteiger partial charge in [0.15, 0.2) is 0 Å². The average molecular weight is 301 g/mol. The predicted molar refractivity (Wildman–Crippen MR) is 83.7 cm³/mol. The number of rotatable bonds is 6. The van der Waals surface area contributed by atoms with Crippen LogP contribution in [-0.4, -0.2) is 18.5 Å². The molecule has 20 heavy (non-hydrogen) atoms. The molecule has 3 nitrogen and oxygen atoms in total. The summed E-state index contributed by atoms with van der Waals surface area (Å²) in [6.07, 6.45) is 11.6. The highest BCUT2D eigenvalue weighted by Crippen LogP contribution is 2.49. The molecule has 0 heterocycles. The summed E-state index contributed by atoms with van der Waals surface area (Å²) in [4.78, 5) is 12.6. The third-order valence-corrected chi connectivity index (χ3v) is 5.36. The molecule has 0 aliphatic heterocycles. The molecule has 3 saturated carbocycles. The summed E-state index contributed by atoms with van der Waals surface area (Å²) in [7, 11) is 0. The lowest BCUT2D eigenvalue weighted by atomic mass is 9.83. The highest BCUT2D eigenvalue weighted by molar-refractivity contribution is 5.85. The van der Waals surface area contributed by atoms with Crippen molar-refractivity contribution in [3.8, 4) is 0 Å². The molecule has 0 spiro atoms. The van der Waals surface area contributed by atoms with Crippen LogP contribution in [0.25, 0.3) is 0 Å². The van der Waals surface area contributed by atoms with Gasteiger partial charge in [-0.15, -0.1) is 12.4 Å². The maximum atomic E-state index is 12.6. The number of carbonyl (C=O) groups is 1. The topological polar surface area (TPSA) is 55.1 Å². The highest BCUT2D eigenvalue weighted by atomic mass is 35.5. The Morgan fingerprint density at radius 2 is 1.50 bits per heavy atom. The molecule has 1 amide bonds. The number of halogens is 1. The standard InChI is InChI=1S/C16H28N2O.ClH/c17-10-14(11-4-2-1-3-5-11)18-16(19)15(12-6-7-12)13-8-9-13;/h11-15H,1-10,17H2,(H,18,19);1H. The van der Waals surface area contributed by atoms with Crippen molar-refractivity contribution in [2.24, 2.45) is 29.4 Å². The van der Waals surface area contributed by atoms with E-state index in [1.54, 1.807) is 0 Å². The Balaban J connectivity index is 0.00000147. The minimum atomic E-state index is 0. The second-order valence-electron chi connectivity index (χ2n) is 6.95. The summed E-state index contributed by atoms with van der Waals surface area (Å²) in [5, 5.41) is 3.32. The van der Waals surface area contributed by atoms with Gasteiger partial charge in [-0.25, -0.2) is 0 Å². The van der Waals surface area contributed by atoms with Gasteiger partial charge in [-0.3, -0.25) is 4.79 Å². The lowest BCUT2D eigenvalue weighted by Gasteiger charge is -2.31. The van der Waals surface area contributed by atoms with Crippen molar-refractivity contribution in [3.05, 3.63) is 0 Å². The quantitative estimate of drug-likeness (QED) is 0.792. The van der Waals surface area contributed by atoms with E-state index in [-0.39, 0.29) is 18.4 Å². The molecule has 0 saturated heterocycles. The molecular weight excluding hydrogens is 272 g/mol. The van der Waals surface area contributed by atoms with Gasteiger partial charge in [0.2, 0.25) is 5.91 Å². The predicted octanol–water partition coefficient (Wildman–Crippen LogP) is 2.87. The third-order valence-electron chi connectivity index (χ3n) is 5.36. The average Bonchev–Trinajstić information content (AvgIpc) is 3.31. The van der Waals surface area contributed by atoms with Gasteiger partial charge < -0.3 is 11.1 Å². The lowest BCUT2D eigenvalue weighted by Crippen LogP contribution is -2.48. The minimum Gasteiger partial charge on any atom is -0.352 e.